The molecule has 0 radical (unpaired) electrons. The van der Waals surface area contributed by atoms with Crippen LogP contribution >= 0.6 is 28.3 Å². The van der Waals surface area contributed by atoms with Crippen molar-refractivity contribution in [3.63, 3.8) is 0 Å². The van der Waals surface area contributed by atoms with E-state index in [1.165, 1.54) is 5.56 Å². The van der Waals surface area contributed by atoms with Gasteiger partial charge in [-0.05, 0) is 36.5 Å². The fraction of sp³-hybridized carbons (Fsp3) is 0.600. The molecule has 2 N–H and O–H groups in total. The summed E-state index contributed by atoms with van der Waals surface area (Å²) < 4.78 is 1.14. The average Bonchev–Trinajstić information content (AvgIpc) is 2.33. The average molecular weight is 348 g/mol. The molecular formula is C15H24BrClN2. The predicted molar refractivity (Wildman–Crippen MR) is 87.8 cm³/mol. The van der Waals surface area contributed by atoms with Crippen LogP contribution in [0.25, 0.3) is 0 Å². The third kappa shape index (κ3) is 3.94. The van der Waals surface area contributed by atoms with Crippen LogP contribution in [0.5, 0.6) is 0 Å². The summed E-state index contributed by atoms with van der Waals surface area (Å²) in [6, 6.07) is 9.43. The zero-order chi connectivity index (χ0) is 13.3. The monoisotopic (exact) mass is 346 g/mol. The largest absolute Gasteiger partial charge is 0.327 e. The first-order valence-corrected chi connectivity index (χ1v) is 7.44. The van der Waals surface area contributed by atoms with Gasteiger partial charge in [0.15, 0.2) is 0 Å². The van der Waals surface area contributed by atoms with Gasteiger partial charge in [0.05, 0.1) is 0 Å². The van der Waals surface area contributed by atoms with Crippen molar-refractivity contribution in [3.8, 4) is 0 Å². The lowest BCUT2D eigenvalue weighted by Crippen LogP contribution is -2.52. The summed E-state index contributed by atoms with van der Waals surface area (Å²) in [5.74, 6) is 0. The van der Waals surface area contributed by atoms with Gasteiger partial charge in [0, 0.05) is 29.6 Å². The first-order valence-electron chi connectivity index (χ1n) is 6.65. The molecule has 1 aliphatic rings. The van der Waals surface area contributed by atoms with E-state index in [1.807, 2.05) is 0 Å². The lowest BCUT2D eigenvalue weighted by molar-refractivity contribution is 0.0664. The SMILES string of the molecule is CC(c1ccc(Br)cc1)N1CCC(N)C(C)(C)C1.Cl. The minimum Gasteiger partial charge on any atom is -0.327 e. The number of hydrogen-bond donors (Lipinski definition) is 1. The molecule has 19 heavy (non-hydrogen) atoms. The second-order valence-electron chi connectivity index (χ2n) is 6.08. The molecule has 1 aliphatic heterocycles. The van der Waals surface area contributed by atoms with Crippen molar-refractivity contribution < 1.29 is 0 Å². The highest BCUT2D eigenvalue weighted by Gasteiger charge is 2.35. The number of hydrogen-bond acceptors (Lipinski definition) is 2. The fourth-order valence-electron chi connectivity index (χ4n) is 2.70. The van der Waals surface area contributed by atoms with Crippen molar-refractivity contribution in [1.82, 2.24) is 4.90 Å². The summed E-state index contributed by atoms with van der Waals surface area (Å²) in [7, 11) is 0. The summed E-state index contributed by atoms with van der Waals surface area (Å²) in [4.78, 5) is 2.55. The molecule has 4 heteroatoms. The number of halogens is 2. The van der Waals surface area contributed by atoms with Gasteiger partial charge in [0.1, 0.15) is 0 Å². The highest BCUT2D eigenvalue weighted by Crippen LogP contribution is 2.33. The van der Waals surface area contributed by atoms with E-state index >= 15 is 0 Å². The van der Waals surface area contributed by atoms with Gasteiger partial charge < -0.3 is 5.73 Å². The van der Waals surface area contributed by atoms with E-state index in [-0.39, 0.29) is 17.8 Å². The summed E-state index contributed by atoms with van der Waals surface area (Å²) in [5, 5.41) is 0. The van der Waals surface area contributed by atoms with Gasteiger partial charge in [-0.3, -0.25) is 4.90 Å². The Morgan fingerprint density at radius 1 is 1.32 bits per heavy atom. The lowest BCUT2D eigenvalue weighted by atomic mass is 9.79. The maximum Gasteiger partial charge on any atom is 0.0320 e. The van der Waals surface area contributed by atoms with Gasteiger partial charge in [-0.2, -0.15) is 0 Å². The van der Waals surface area contributed by atoms with E-state index in [4.69, 9.17) is 5.73 Å². The maximum absolute atomic E-state index is 6.20. The predicted octanol–water partition coefficient (Wildman–Crippen LogP) is 3.99. The maximum atomic E-state index is 6.20. The van der Waals surface area contributed by atoms with Crippen molar-refractivity contribution in [1.29, 1.82) is 0 Å². The van der Waals surface area contributed by atoms with Crippen molar-refractivity contribution in [2.24, 2.45) is 11.1 Å². The quantitative estimate of drug-likeness (QED) is 0.876. The Bertz CT molecular complexity index is 405. The fourth-order valence-corrected chi connectivity index (χ4v) is 2.96. The zero-order valence-corrected chi connectivity index (χ0v) is 14.3. The number of nitrogens with two attached hydrogens (primary N) is 1. The van der Waals surface area contributed by atoms with Crippen molar-refractivity contribution in [3.05, 3.63) is 34.3 Å². The standard InChI is InChI=1S/C15H23BrN2.ClH/c1-11(12-4-6-13(16)7-5-12)18-9-8-14(17)15(2,3)10-18;/h4-7,11,14H,8-10,17H2,1-3H3;1H. The van der Waals surface area contributed by atoms with E-state index in [0.717, 1.165) is 24.0 Å². The molecule has 1 heterocycles. The normalized spacial score (nSPS) is 24.6. The number of benzene rings is 1. The van der Waals surface area contributed by atoms with Gasteiger partial charge >= 0.3 is 0 Å². The molecule has 0 spiro atoms. The Hall–Kier alpha value is -0.0900. The molecular weight excluding hydrogens is 324 g/mol. The van der Waals surface area contributed by atoms with Crippen molar-refractivity contribution >= 4 is 28.3 Å². The molecule has 0 bridgehead atoms. The van der Waals surface area contributed by atoms with Gasteiger partial charge in [0.2, 0.25) is 0 Å². The molecule has 2 nitrogen and oxygen atoms in total. The molecule has 1 aromatic carbocycles. The van der Waals surface area contributed by atoms with E-state index in [0.29, 0.717) is 12.1 Å². The molecule has 0 amide bonds. The molecule has 0 aromatic heterocycles. The van der Waals surface area contributed by atoms with Crippen LogP contribution in [0.15, 0.2) is 28.7 Å². The van der Waals surface area contributed by atoms with Crippen LogP contribution in [0.3, 0.4) is 0 Å². The zero-order valence-electron chi connectivity index (χ0n) is 11.9. The summed E-state index contributed by atoms with van der Waals surface area (Å²) in [5.41, 5.74) is 7.79. The molecule has 2 unspecified atom stereocenters. The summed E-state index contributed by atoms with van der Waals surface area (Å²) in [6.07, 6.45) is 1.09. The van der Waals surface area contributed by atoms with Crippen LogP contribution in [0, 0.1) is 5.41 Å². The van der Waals surface area contributed by atoms with Crippen LogP contribution in [0.2, 0.25) is 0 Å². The Kier molecular flexibility index (Phi) is 5.87. The van der Waals surface area contributed by atoms with E-state index in [1.54, 1.807) is 0 Å². The number of likely N-dealkylation sites (tertiary alicyclic amines) is 1. The second-order valence-corrected chi connectivity index (χ2v) is 7.00. The van der Waals surface area contributed by atoms with E-state index < -0.39 is 0 Å². The van der Waals surface area contributed by atoms with Crippen LogP contribution in [-0.4, -0.2) is 24.0 Å². The number of rotatable bonds is 2. The smallest absolute Gasteiger partial charge is 0.0320 e. The molecule has 1 fully saturated rings. The minimum absolute atomic E-state index is 0. The topological polar surface area (TPSA) is 29.3 Å². The summed E-state index contributed by atoms with van der Waals surface area (Å²) >= 11 is 3.49. The highest BCUT2D eigenvalue weighted by molar-refractivity contribution is 9.10. The van der Waals surface area contributed by atoms with Crippen LogP contribution in [0.1, 0.15) is 38.8 Å². The molecule has 0 saturated carbocycles. The first-order chi connectivity index (χ1) is 8.40. The van der Waals surface area contributed by atoms with Crippen molar-refractivity contribution in [2.75, 3.05) is 13.1 Å². The molecule has 2 rings (SSSR count). The third-order valence-electron chi connectivity index (χ3n) is 4.24. The van der Waals surface area contributed by atoms with E-state index in [2.05, 4.69) is 65.9 Å². The van der Waals surface area contributed by atoms with Crippen LogP contribution in [0.4, 0.5) is 0 Å². The first kappa shape index (κ1) is 17.0. The van der Waals surface area contributed by atoms with Crippen molar-refractivity contribution in [2.45, 2.75) is 39.3 Å². The van der Waals surface area contributed by atoms with Gasteiger partial charge in [-0.15, -0.1) is 12.4 Å². The van der Waals surface area contributed by atoms with E-state index in [9.17, 15) is 0 Å². The minimum atomic E-state index is 0. The van der Waals surface area contributed by atoms with Gasteiger partial charge in [-0.25, -0.2) is 0 Å². The Morgan fingerprint density at radius 3 is 2.42 bits per heavy atom. The lowest BCUT2D eigenvalue weighted by Gasteiger charge is -2.45. The Labute approximate surface area is 131 Å². The summed E-state index contributed by atoms with van der Waals surface area (Å²) in [6.45, 7) is 9.01. The second kappa shape index (κ2) is 6.57. The highest BCUT2D eigenvalue weighted by atomic mass is 79.9. The number of nitrogens with zero attached hydrogens (tertiary/aromatic N) is 1. The van der Waals surface area contributed by atoms with Crippen LogP contribution < -0.4 is 5.73 Å². The number of piperidine rings is 1. The van der Waals surface area contributed by atoms with Crippen LogP contribution in [-0.2, 0) is 0 Å². The molecule has 108 valence electrons. The molecule has 1 saturated heterocycles. The Morgan fingerprint density at radius 2 is 1.89 bits per heavy atom. The third-order valence-corrected chi connectivity index (χ3v) is 4.77. The van der Waals surface area contributed by atoms with Gasteiger partial charge in [-0.1, -0.05) is 41.9 Å². The molecule has 0 aliphatic carbocycles. The Balaban J connectivity index is 0.00000180. The van der Waals surface area contributed by atoms with Gasteiger partial charge in [0.25, 0.3) is 0 Å². The molecule has 1 aromatic rings. The molecule has 2 atom stereocenters.